The Labute approximate surface area is 144 Å². The molecule has 3 rings (SSSR count). The molecular weight excluding hydrogens is 316 g/mol. The number of carbonyl (C=O) groups excluding carboxylic acids is 1. The molecule has 3 aromatic rings. The van der Waals surface area contributed by atoms with E-state index in [1.54, 1.807) is 13.8 Å². The number of rotatable bonds is 4. The fraction of sp³-hybridized carbons (Fsp3) is 0.158. The maximum atomic E-state index is 11.8. The van der Waals surface area contributed by atoms with Crippen LogP contribution in [0.5, 0.6) is 0 Å². The van der Waals surface area contributed by atoms with Gasteiger partial charge in [0.1, 0.15) is 6.07 Å². The van der Waals surface area contributed by atoms with Crippen molar-refractivity contribution in [2.24, 2.45) is 0 Å². The van der Waals surface area contributed by atoms with Gasteiger partial charge in [0.15, 0.2) is 5.57 Å². The van der Waals surface area contributed by atoms with Crippen LogP contribution in [0.25, 0.3) is 22.1 Å². The number of esters is 1. The molecule has 1 N–H and O–H groups in total. The van der Waals surface area contributed by atoms with E-state index in [4.69, 9.17) is 4.74 Å². The maximum Gasteiger partial charge on any atom is 0.350 e. The van der Waals surface area contributed by atoms with Crippen molar-refractivity contribution in [2.75, 3.05) is 11.9 Å². The van der Waals surface area contributed by atoms with Crippen molar-refractivity contribution in [1.29, 1.82) is 5.26 Å². The van der Waals surface area contributed by atoms with Crippen LogP contribution in [-0.4, -0.2) is 22.5 Å². The smallest absolute Gasteiger partial charge is 0.350 e. The Morgan fingerprint density at radius 2 is 1.76 bits per heavy atom. The van der Waals surface area contributed by atoms with Gasteiger partial charge in [0.05, 0.1) is 28.7 Å². The van der Waals surface area contributed by atoms with Crippen molar-refractivity contribution in [3.63, 3.8) is 0 Å². The number of anilines is 1. The Bertz CT molecular complexity index is 1030. The minimum atomic E-state index is -0.637. The van der Waals surface area contributed by atoms with E-state index in [-0.39, 0.29) is 12.2 Å². The molecule has 0 saturated carbocycles. The van der Waals surface area contributed by atoms with Crippen LogP contribution in [0.2, 0.25) is 0 Å². The van der Waals surface area contributed by atoms with Crippen LogP contribution >= 0.6 is 0 Å². The van der Waals surface area contributed by atoms with Gasteiger partial charge in [-0.25, -0.2) is 14.8 Å². The number of fused-ring (bicyclic) bond motifs is 2. The number of para-hydroxylation sites is 2. The summed E-state index contributed by atoms with van der Waals surface area (Å²) in [6, 6.07) is 15.0. The van der Waals surface area contributed by atoms with E-state index in [1.807, 2.05) is 48.5 Å². The number of hydrogen-bond donors (Lipinski definition) is 1. The van der Waals surface area contributed by atoms with Gasteiger partial charge in [0, 0.05) is 11.4 Å². The number of aromatic nitrogens is 2. The molecule has 0 atom stereocenters. The molecule has 6 nitrogen and oxygen atoms in total. The highest BCUT2D eigenvalue weighted by atomic mass is 16.5. The topological polar surface area (TPSA) is 87.9 Å². The number of benzene rings is 2. The first kappa shape index (κ1) is 16.4. The molecule has 0 spiro atoms. The third-order valence-corrected chi connectivity index (χ3v) is 3.64. The first-order chi connectivity index (χ1) is 12.1. The van der Waals surface area contributed by atoms with Crippen LogP contribution in [-0.2, 0) is 9.53 Å². The third-order valence-electron chi connectivity index (χ3n) is 3.64. The van der Waals surface area contributed by atoms with Gasteiger partial charge in [-0.2, -0.15) is 5.26 Å². The van der Waals surface area contributed by atoms with Crippen LogP contribution in [0, 0.1) is 11.3 Å². The summed E-state index contributed by atoms with van der Waals surface area (Å²) in [5.74, 6) is -0.637. The Morgan fingerprint density at radius 1 is 1.12 bits per heavy atom. The Hall–Kier alpha value is -3.46. The SMILES string of the molecule is CCOC(=O)/C(C#N)=C(/C)Nc1ccc2nc3ccccc3nc2c1. The normalized spacial score (nSPS) is 11.7. The van der Waals surface area contributed by atoms with Crippen molar-refractivity contribution in [2.45, 2.75) is 13.8 Å². The van der Waals surface area contributed by atoms with E-state index >= 15 is 0 Å². The minimum Gasteiger partial charge on any atom is -0.462 e. The van der Waals surface area contributed by atoms with Crippen LogP contribution in [0.15, 0.2) is 53.7 Å². The van der Waals surface area contributed by atoms with Gasteiger partial charge in [-0.15, -0.1) is 0 Å². The number of nitrogens with zero attached hydrogens (tertiary/aromatic N) is 3. The van der Waals surface area contributed by atoms with Crippen LogP contribution in [0.3, 0.4) is 0 Å². The molecule has 0 aliphatic rings. The highest BCUT2D eigenvalue weighted by Gasteiger charge is 2.14. The molecule has 0 amide bonds. The predicted octanol–water partition coefficient (Wildman–Crippen LogP) is 3.56. The molecule has 25 heavy (non-hydrogen) atoms. The molecule has 0 fully saturated rings. The number of allylic oxidation sites excluding steroid dienone is 1. The molecule has 0 aliphatic heterocycles. The summed E-state index contributed by atoms with van der Waals surface area (Å²) < 4.78 is 4.89. The monoisotopic (exact) mass is 332 g/mol. The first-order valence-electron chi connectivity index (χ1n) is 7.84. The van der Waals surface area contributed by atoms with Gasteiger partial charge in [-0.05, 0) is 44.2 Å². The number of nitrogens with one attached hydrogen (secondary N) is 1. The van der Waals surface area contributed by atoms with Crippen LogP contribution < -0.4 is 5.32 Å². The lowest BCUT2D eigenvalue weighted by molar-refractivity contribution is -0.138. The maximum absolute atomic E-state index is 11.8. The number of ether oxygens (including phenoxy) is 1. The van der Waals surface area contributed by atoms with Gasteiger partial charge in [-0.1, -0.05) is 12.1 Å². The largest absolute Gasteiger partial charge is 0.462 e. The van der Waals surface area contributed by atoms with E-state index in [0.29, 0.717) is 11.4 Å². The van der Waals surface area contributed by atoms with Crippen LogP contribution in [0.1, 0.15) is 13.8 Å². The summed E-state index contributed by atoms with van der Waals surface area (Å²) in [5.41, 5.74) is 4.24. The second kappa shape index (κ2) is 6.97. The Kier molecular flexibility index (Phi) is 4.57. The van der Waals surface area contributed by atoms with Crippen molar-refractivity contribution in [1.82, 2.24) is 9.97 Å². The average molecular weight is 332 g/mol. The molecule has 124 valence electrons. The Balaban J connectivity index is 1.97. The number of nitriles is 1. The lowest BCUT2D eigenvalue weighted by atomic mass is 10.2. The van der Waals surface area contributed by atoms with Gasteiger partial charge in [0.25, 0.3) is 0 Å². The van der Waals surface area contributed by atoms with Gasteiger partial charge in [-0.3, -0.25) is 0 Å². The fourth-order valence-corrected chi connectivity index (χ4v) is 2.46. The highest BCUT2D eigenvalue weighted by Crippen LogP contribution is 2.21. The molecule has 0 radical (unpaired) electrons. The fourth-order valence-electron chi connectivity index (χ4n) is 2.46. The van der Waals surface area contributed by atoms with Crippen molar-refractivity contribution in [3.8, 4) is 6.07 Å². The van der Waals surface area contributed by atoms with Crippen molar-refractivity contribution < 1.29 is 9.53 Å². The summed E-state index contributed by atoms with van der Waals surface area (Å²) in [6.45, 7) is 3.57. The first-order valence-corrected chi connectivity index (χ1v) is 7.84. The van der Waals surface area contributed by atoms with E-state index in [9.17, 15) is 10.1 Å². The van der Waals surface area contributed by atoms with E-state index in [1.165, 1.54) is 0 Å². The average Bonchev–Trinajstić information content (AvgIpc) is 2.60. The third kappa shape index (κ3) is 3.40. The van der Waals surface area contributed by atoms with E-state index < -0.39 is 5.97 Å². The lowest BCUT2D eigenvalue weighted by Gasteiger charge is -2.10. The molecule has 0 unspecified atom stereocenters. The van der Waals surface area contributed by atoms with Gasteiger partial charge in [0.2, 0.25) is 0 Å². The van der Waals surface area contributed by atoms with Crippen LogP contribution in [0.4, 0.5) is 5.69 Å². The zero-order valence-corrected chi connectivity index (χ0v) is 13.9. The van der Waals surface area contributed by atoms with E-state index in [0.717, 1.165) is 22.1 Å². The Morgan fingerprint density at radius 3 is 2.40 bits per heavy atom. The molecule has 0 bridgehead atoms. The summed E-state index contributed by atoms with van der Waals surface area (Å²) >= 11 is 0. The zero-order chi connectivity index (χ0) is 17.8. The minimum absolute atomic E-state index is 0.0495. The van der Waals surface area contributed by atoms with E-state index in [2.05, 4.69) is 15.3 Å². The zero-order valence-electron chi connectivity index (χ0n) is 13.9. The summed E-state index contributed by atoms with van der Waals surface area (Å²) in [5, 5.41) is 12.3. The summed E-state index contributed by atoms with van der Waals surface area (Å²) in [7, 11) is 0. The number of carbonyl (C=O) groups is 1. The molecule has 1 heterocycles. The molecule has 0 saturated heterocycles. The van der Waals surface area contributed by atoms with Gasteiger partial charge >= 0.3 is 5.97 Å². The summed E-state index contributed by atoms with van der Waals surface area (Å²) in [4.78, 5) is 21.0. The standard InChI is InChI=1S/C19H16N4O2/c1-3-25-19(24)14(11-20)12(2)21-13-8-9-17-18(10-13)23-16-7-5-4-6-15(16)22-17/h4-10,21H,3H2,1-2H3/b14-12-. The lowest BCUT2D eigenvalue weighted by Crippen LogP contribution is -2.11. The molecular formula is C19H16N4O2. The summed E-state index contributed by atoms with van der Waals surface area (Å²) in [6.07, 6.45) is 0. The molecule has 2 aromatic carbocycles. The van der Waals surface area contributed by atoms with Gasteiger partial charge < -0.3 is 10.1 Å². The number of hydrogen-bond acceptors (Lipinski definition) is 6. The second-order valence-corrected chi connectivity index (χ2v) is 5.37. The molecule has 0 aliphatic carbocycles. The molecule has 1 aromatic heterocycles. The predicted molar refractivity (Wildman–Crippen MR) is 95.6 cm³/mol. The van der Waals surface area contributed by atoms with Crippen molar-refractivity contribution >= 4 is 33.7 Å². The quantitative estimate of drug-likeness (QED) is 0.340. The second-order valence-electron chi connectivity index (χ2n) is 5.37. The van der Waals surface area contributed by atoms with Crippen molar-refractivity contribution in [3.05, 3.63) is 53.7 Å². The highest BCUT2D eigenvalue weighted by molar-refractivity contribution is 5.94. The molecule has 6 heteroatoms.